The van der Waals surface area contributed by atoms with Crippen LogP contribution in [0.4, 0.5) is 17.1 Å². The standard InChI is InChI=1S/C14H12Cl2N2O2/c1-7-2-5-10(15)13(12(7)16)18-11-6-8(17)3-4-9(11)14(19)20/h2-6,18H,17H2,1H3,(H,19,20). The molecule has 0 aliphatic heterocycles. The summed E-state index contributed by atoms with van der Waals surface area (Å²) in [7, 11) is 0. The van der Waals surface area contributed by atoms with Gasteiger partial charge in [-0.25, -0.2) is 4.79 Å². The van der Waals surface area contributed by atoms with Gasteiger partial charge in [-0.3, -0.25) is 0 Å². The van der Waals surface area contributed by atoms with E-state index in [-0.39, 0.29) is 5.56 Å². The highest BCUT2D eigenvalue weighted by Crippen LogP contribution is 2.36. The van der Waals surface area contributed by atoms with Crippen molar-refractivity contribution in [1.82, 2.24) is 0 Å². The number of nitrogens with two attached hydrogens (primary N) is 1. The number of aromatic carboxylic acids is 1. The number of hydrogen-bond donors (Lipinski definition) is 3. The maximum atomic E-state index is 11.2. The number of carbonyl (C=O) groups is 1. The van der Waals surface area contributed by atoms with Crippen LogP contribution in [-0.4, -0.2) is 11.1 Å². The highest BCUT2D eigenvalue weighted by Gasteiger charge is 2.14. The Morgan fingerprint density at radius 3 is 2.60 bits per heavy atom. The highest BCUT2D eigenvalue weighted by molar-refractivity contribution is 6.39. The van der Waals surface area contributed by atoms with E-state index in [1.54, 1.807) is 12.1 Å². The molecule has 0 spiro atoms. The summed E-state index contributed by atoms with van der Waals surface area (Å²) in [5.41, 5.74) is 7.85. The Morgan fingerprint density at radius 2 is 1.95 bits per heavy atom. The van der Waals surface area contributed by atoms with Crippen molar-refractivity contribution in [3.63, 3.8) is 0 Å². The lowest BCUT2D eigenvalue weighted by Gasteiger charge is -2.14. The van der Waals surface area contributed by atoms with Gasteiger partial charge in [-0.1, -0.05) is 29.3 Å². The van der Waals surface area contributed by atoms with Gasteiger partial charge in [0.15, 0.2) is 0 Å². The number of nitrogens with one attached hydrogen (secondary N) is 1. The van der Waals surface area contributed by atoms with Crippen molar-refractivity contribution < 1.29 is 9.90 Å². The number of nitrogen functional groups attached to an aromatic ring is 1. The first kappa shape index (κ1) is 14.5. The number of anilines is 3. The molecule has 0 saturated carbocycles. The van der Waals surface area contributed by atoms with Crippen molar-refractivity contribution in [3.8, 4) is 0 Å². The fourth-order valence-electron chi connectivity index (χ4n) is 1.76. The lowest BCUT2D eigenvalue weighted by molar-refractivity contribution is 0.0698. The Kier molecular flexibility index (Phi) is 4.06. The van der Waals surface area contributed by atoms with Gasteiger partial charge in [-0.05, 0) is 36.8 Å². The number of aryl methyl sites for hydroxylation is 1. The molecule has 2 aromatic rings. The van der Waals surface area contributed by atoms with Gasteiger partial charge in [0, 0.05) is 5.69 Å². The molecule has 0 aromatic heterocycles. The summed E-state index contributed by atoms with van der Waals surface area (Å²) in [6, 6.07) is 7.95. The summed E-state index contributed by atoms with van der Waals surface area (Å²) >= 11 is 12.3. The van der Waals surface area contributed by atoms with Crippen molar-refractivity contribution >= 4 is 46.2 Å². The smallest absolute Gasteiger partial charge is 0.337 e. The van der Waals surface area contributed by atoms with Gasteiger partial charge in [-0.2, -0.15) is 0 Å². The first-order valence-electron chi connectivity index (χ1n) is 5.74. The first-order valence-corrected chi connectivity index (χ1v) is 6.50. The van der Waals surface area contributed by atoms with Crippen LogP contribution >= 0.6 is 23.2 Å². The maximum Gasteiger partial charge on any atom is 0.337 e. The molecule has 2 aromatic carbocycles. The molecule has 4 N–H and O–H groups in total. The molecule has 4 nitrogen and oxygen atoms in total. The molecule has 0 unspecified atom stereocenters. The van der Waals surface area contributed by atoms with Crippen molar-refractivity contribution in [2.24, 2.45) is 0 Å². The number of carboxylic acid groups (broad SMARTS) is 1. The van der Waals surface area contributed by atoms with E-state index in [2.05, 4.69) is 5.32 Å². The van der Waals surface area contributed by atoms with E-state index < -0.39 is 5.97 Å². The molecular formula is C14H12Cl2N2O2. The molecule has 0 radical (unpaired) electrons. The van der Waals surface area contributed by atoms with Gasteiger partial charge >= 0.3 is 5.97 Å². The summed E-state index contributed by atoms with van der Waals surface area (Å²) in [5.74, 6) is -1.06. The van der Waals surface area contributed by atoms with Crippen LogP contribution in [0.2, 0.25) is 10.0 Å². The van der Waals surface area contributed by atoms with Crippen LogP contribution in [0.15, 0.2) is 30.3 Å². The van der Waals surface area contributed by atoms with Gasteiger partial charge in [-0.15, -0.1) is 0 Å². The molecule has 0 bridgehead atoms. The molecule has 0 fully saturated rings. The second kappa shape index (κ2) is 5.61. The fraction of sp³-hybridized carbons (Fsp3) is 0.0714. The van der Waals surface area contributed by atoms with E-state index in [0.717, 1.165) is 5.56 Å². The average Bonchev–Trinajstić information content (AvgIpc) is 2.39. The second-order valence-electron chi connectivity index (χ2n) is 4.29. The minimum atomic E-state index is -1.06. The largest absolute Gasteiger partial charge is 0.478 e. The molecule has 0 aliphatic carbocycles. The minimum absolute atomic E-state index is 0.0906. The molecule has 20 heavy (non-hydrogen) atoms. The predicted octanol–water partition coefficient (Wildman–Crippen LogP) is 4.33. The second-order valence-corrected chi connectivity index (χ2v) is 5.07. The number of rotatable bonds is 3. The molecule has 2 rings (SSSR count). The number of carboxylic acids is 1. The van der Waals surface area contributed by atoms with Crippen LogP contribution in [0.1, 0.15) is 15.9 Å². The van der Waals surface area contributed by atoms with Crippen molar-refractivity contribution in [2.45, 2.75) is 6.92 Å². The molecule has 6 heteroatoms. The zero-order valence-corrected chi connectivity index (χ0v) is 12.1. The zero-order valence-electron chi connectivity index (χ0n) is 10.6. The first-order chi connectivity index (χ1) is 9.40. The van der Waals surface area contributed by atoms with E-state index in [1.807, 2.05) is 6.92 Å². The molecule has 0 saturated heterocycles. The van der Waals surface area contributed by atoms with Gasteiger partial charge in [0.1, 0.15) is 0 Å². The molecule has 0 amide bonds. The molecule has 0 atom stereocenters. The Morgan fingerprint density at radius 1 is 1.25 bits per heavy atom. The average molecular weight is 311 g/mol. The minimum Gasteiger partial charge on any atom is -0.478 e. The summed E-state index contributed by atoms with van der Waals surface area (Å²) in [6.45, 7) is 1.83. The van der Waals surface area contributed by atoms with Crippen LogP contribution in [0.5, 0.6) is 0 Å². The third-order valence-electron chi connectivity index (χ3n) is 2.82. The van der Waals surface area contributed by atoms with Crippen molar-refractivity contribution in [2.75, 3.05) is 11.1 Å². The molecule has 0 aliphatic rings. The van der Waals surface area contributed by atoms with Crippen molar-refractivity contribution in [3.05, 3.63) is 51.5 Å². The molecular weight excluding hydrogens is 299 g/mol. The summed E-state index contributed by atoms with van der Waals surface area (Å²) in [6.07, 6.45) is 0. The fourth-order valence-corrected chi connectivity index (χ4v) is 2.22. The SMILES string of the molecule is Cc1ccc(Cl)c(Nc2cc(N)ccc2C(=O)O)c1Cl. The topological polar surface area (TPSA) is 75.3 Å². The van der Waals surface area contributed by atoms with Gasteiger partial charge in [0.05, 0.1) is 27.0 Å². The monoisotopic (exact) mass is 310 g/mol. The van der Waals surface area contributed by atoms with Crippen LogP contribution in [0.25, 0.3) is 0 Å². The highest BCUT2D eigenvalue weighted by atomic mass is 35.5. The summed E-state index contributed by atoms with van der Waals surface area (Å²) in [4.78, 5) is 11.2. The van der Waals surface area contributed by atoms with E-state index in [1.165, 1.54) is 18.2 Å². The van der Waals surface area contributed by atoms with Gasteiger partial charge in [0.2, 0.25) is 0 Å². The predicted molar refractivity (Wildman–Crippen MR) is 82.3 cm³/mol. The van der Waals surface area contributed by atoms with Crippen LogP contribution < -0.4 is 11.1 Å². The normalized spacial score (nSPS) is 10.3. The van der Waals surface area contributed by atoms with E-state index >= 15 is 0 Å². The quantitative estimate of drug-likeness (QED) is 0.738. The third-order valence-corrected chi connectivity index (χ3v) is 3.62. The van der Waals surface area contributed by atoms with Gasteiger partial charge < -0.3 is 16.2 Å². The van der Waals surface area contributed by atoms with E-state index in [0.29, 0.717) is 27.1 Å². The Labute approximate surface area is 126 Å². The zero-order chi connectivity index (χ0) is 14.9. The summed E-state index contributed by atoms with van der Waals surface area (Å²) < 4.78 is 0. The van der Waals surface area contributed by atoms with Crippen LogP contribution in [-0.2, 0) is 0 Å². The Bertz CT molecular complexity index is 687. The molecule has 0 heterocycles. The maximum absolute atomic E-state index is 11.2. The number of hydrogen-bond acceptors (Lipinski definition) is 3. The summed E-state index contributed by atoms with van der Waals surface area (Å²) in [5, 5.41) is 13.0. The van der Waals surface area contributed by atoms with Crippen molar-refractivity contribution in [1.29, 1.82) is 0 Å². The Hall–Kier alpha value is -1.91. The molecule has 104 valence electrons. The third kappa shape index (κ3) is 2.81. The van der Waals surface area contributed by atoms with Gasteiger partial charge in [0.25, 0.3) is 0 Å². The number of benzene rings is 2. The van der Waals surface area contributed by atoms with Crippen LogP contribution in [0, 0.1) is 6.92 Å². The van der Waals surface area contributed by atoms with E-state index in [9.17, 15) is 9.90 Å². The lowest BCUT2D eigenvalue weighted by atomic mass is 10.1. The van der Waals surface area contributed by atoms with E-state index in [4.69, 9.17) is 28.9 Å². The number of halogens is 2. The van der Waals surface area contributed by atoms with Crippen LogP contribution in [0.3, 0.4) is 0 Å². The lowest BCUT2D eigenvalue weighted by Crippen LogP contribution is -2.04. The Balaban J connectivity index is 2.53.